The SMILES string of the molecule is Nc1nc(-c2n[nH]c3c2CCCC3)cs1. The summed E-state index contributed by atoms with van der Waals surface area (Å²) in [6, 6.07) is 0. The maximum absolute atomic E-state index is 5.63. The topological polar surface area (TPSA) is 67.6 Å². The lowest BCUT2D eigenvalue weighted by atomic mass is 9.95. The molecule has 1 aliphatic carbocycles. The number of nitrogens with two attached hydrogens (primary N) is 1. The van der Waals surface area contributed by atoms with Gasteiger partial charge in [0, 0.05) is 16.6 Å². The average Bonchev–Trinajstić information content (AvgIpc) is 2.83. The average molecular weight is 220 g/mol. The normalized spacial score (nSPS) is 15.2. The Hall–Kier alpha value is -1.36. The summed E-state index contributed by atoms with van der Waals surface area (Å²) in [6.07, 6.45) is 4.73. The van der Waals surface area contributed by atoms with Crippen LogP contribution in [-0.4, -0.2) is 15.2 Å². The maximum atomic E-state index is 5.63. The highest BCUT2D eigenvalue weighted by Gasteiger charge is 2.19. The Labute approximate surface area is 91.5 Å². The molecule has 2 heterocycles. The molecule has 0 radical (unpaired) electrons. The Morgan fingerprint density at radius 2 is 2.20 bits per heavy atom. The molecule has 0 unspecified atom stereocenters. The summed E-state index contributed by atoms with van der Waals surface area (Å²) in [5.41, 5.74) is 10.2. The van der Waals surface area contributed by atoms with Crippen molar-refractivity contribution in [2.75, 3.05) is 5.73 Å². The van der Waals surface area contributed by atoms with Gasteiger partial charge in [-0.05, 0) is 25.7 Å². The number of H-pyrrole nitrogens is 1. The maximum Gasteiger partial charge on any atom is 0.180 e. The number of fused-ring (bicyclic) bond motifs is 1. The number of thiazole rings is 1. The van der Waals surface area contributed by atoms with Crippen molar-refractivity contribution in [2.24, 2.45) is 0 Å². The van der Waals surface area contributed by atoms with Crippen molar-refractivity contribution in [1.82, 2.24) is 15.2 Å². The smallest absolute Gasteiger partial charge is 0.180 e. The van der Waals surface area contributed by atoms with E-state index in [1.807, 2.05) is 5.38 Å². The van der Waals surface area contributed by atoms with Gasteiger partial charge in [-0.25, -0.2) is 4.98 Å². The standard InChI is InChI=1S/C10H12N4S/c11-10-12-8(5-15-10)9-6-3-1-2-4-7(6)13-14-9/h5H,1-4H2,(H2,11,12)(H,13,14). The zero-order chi connectivity index (χ0) is 10.3. The third kappa shape index (κ3) is 1.43. The van der Waals surface area contributed by atoms with E-state index in [0.717, 1.165) is 24.2 Å². The molecule has 2 aromatic heterocycles. The van der Waals surface area contributed by atoms with E-state index in [1.54, 1.807) is 0 Å². The summed E-state index contributed by atoms with van der Waals surface area (Å²) in [5, 5.41) is 10.0. The van der Waals surface area contributed by atoms with Gasteiger partial charge in [-0.2, -0.15) is 5.10 Å². The number of aromatic amines is 1. The van der Waals surface area contributed by atoms with Gasteiger partial charge in [0.15, 0.2) is 5.13 Å². The van der Waals surface area contributed by atoms with Crippen LogP contribution in [0.25, 0.3) is 11.4 Å². The van der Waals surface area contributed by atoms with E-state index in [2.05, 4.69) is 15.2 Å². The van der Waals surface area contributed by atoms with Crippen LogP contribution in [0.3, 0.4) is 0 Å². The van der Waals surface area contributed by atoms with Crippen molar-refractivity contribution in [2.45, 2.75) is 25.7 Å². The van der Waals surface area contributed by atoms with Crippen molar-refractivity contribution in [1.29, 1.82) is 0 Å². The minimum Gasteiger partial charge on any atom is -0.375 e. The molecule has 0 atom stereocenters. The second-order valence-electron chi connectivity index (χ2n) is 3.81. The fraction of sp³-hybridized carbons (Fsp3) is 0.400. The minimum absolute atomic E-state index is 0.609. The molecule has 0 spiro atoms. The number of hydrogen-bond acceptors (Lipinski definition) is 4. The van der Waals surface area contributed by atoms with Gasteiger partial charge in [0.25, 0.3) is 0 Å². The van der Waals surface area contributed by atoms with Crippen LogP contribution in [0.15, 0.2) is 5.38 Å². The fourth-order valence-corrected chi connectivity index (χ4v) is 2.64. The van der Waals surface area contributed by atoms with Crippen LogP contribution in [-0.2, 0) is 12.8 Å². The summed E-state index contributed by atoms with van der Waals surface area (Å²) in [7, 11) is 0. The van der Waals surface area contributed by atoms with Gasteiger partial charge in [-0.15, -0.1) is 11.3 Å². The van der Waals surface area contributed by atoms with Gasteiger partial charge in [-0.3, -0.25) is 5.10 Å². The van der Waals surface area contributed by atoms with Crippen molar-refractivity contribution in [3.05, 3.63) is 16.6 Å². The molecule has 3 N–H and O–H groups in total. The molecular formula is C10H12N4S. The van der Waals surface area contributed by atoms with Crippen LogP contribution in [0.4, 0.5) is 5.13 Å². The molecule has 0 saturated heterocycles. The number of aryl methyl sites for hydroxylation is 1. The van der Waals surface area contributed by atoms with Gasteiger partial charge < -0.3 is 5.73 Å². The molecule has 0 amide bonds. The molecule has 0 fully saturated rings. The van der Waals surface area contributed by atoms with E-state index < -0.39 is 0 Å². The second kappa shape index (κ2) is 3.34. The number of hydrogen-bond donors (Lipinski definition) is 2. The van der Waals surface area contributed by atoms with Crippen LogP contribution in [0.2, 0.25) is 0 Å². The lowest BCUT2D eigenvalue weighted by Gasteiger charge is -2.09. The summed E-state index contributed by atoms with van der Waals surface area (Å²) in [5.74, 6) is 0. The van der Waals surface area contributed by atoms with E-state index in [9.17, 15) is 0 Å². The highest BCUT2D eigenvalue weighted by molar-refractivity contribution is 7.13. The van der Waals surface area contributed by atoms with Crippen LogP contribution in [0.1, 0.15) is 24.1 Å². The molecule has 4 nitrogen and oxygen atoms in total. The summed E-state index contributed by atoms with van der Waals surface area (Å²) in [6.45, 7) is 0. The largest absolute Gasteiger partial charge is 0.375 e. The van der Waals surface area contributed by atoms with Gasteiger partial charge in [-0.1, -0.05) is 0 Å². The molecule has 5 heteroatoms. The molecular weight excluding hydrogens is 208 g/mol. The number of nitrogens with one attached hydrogen (secondary N) is 1. The molecule has 0 saturated carbocycles. The number of nitrogen functional groups attached to an aromatic ring is 1. The van der Waals surface area contributed by atoms with Gasteiger partial charge >= 0.3 is 0 Å². The van der Waals surface area contributed by atoms with Crippen LogP contribution in [0, 0.1) is 0 Å². The van der Waals surface area contributed by atoms with Crippen LogP contribution >= 0.6 is 11.3 Å². The Morgan fingerprint density at radius 1 is 1.33 bits per heavy atom. The van der Waals surface area contributed by atoms with Crippen molar-refractivity contribution >= 4 is 16.5 Å². The molecule has 78 valence electrons. The lowest BCUT2D eigenvalue weighted by molar-refractivity contribution is 0.675. The lowest BCUT2D eigenvalue weighted by Crippen LogP contribution is -2.01. The van der Waals surface area contributed by atoms with Crippen LogP contribution in [0.5, 0.6) is 0 Å². The molecule has 1 aliphatic rings. The first-order chi connectivity index (χ1) is 7.34. The quantitative estimate of drug-likeness (QED) is 0.772. The Morgan fingerprint density at radius 3 is 3.00 bits per heavy atom. The number of aromatic nitrogens is 3. The van der Waals surface area contributed by atoms with E-state index in [1.165, 1.54) is 35.4 Å². The highest BCUT2D eigenvalue weighted by Crippen LogP contribution is 2.30. The van der Waals surface area contributed by atoms with E-state index in [-0.39, 0.29) is 0 Å². The third-order valence-electron chi connectivity index (χ3n) is 2.82. The predicted octanol–water partition coefficient (Wildman–Crippen LogP) is 1.99. The molecule has 0 aliphatic heterocycles. The zero-order valence-corrected chi connectivity index (χ0v) is 9.10. The van der Waals surface area contributed by atoms with Gasteiger partial charge in [0.2, 0.25) is 0 Å². The Kier molecular flexibility index (Phi) is 1.98. The number of nitrogens with zero attached hydrogens (tertiary/aromatic N) is 2. The molecule has 0 aromatic carbocycles. The Bertz CT molecular complexity index is 485. The van der Waals surface area contributed by atoms with Crippen molar-refractivity contribution in [3.63, 3.8) is 0 Å². The molecule has 2 aromatic rings. The number of rotatable bonds is 1. The summed E-state index contributed by atoms with van der Waals surface area (Å²) >= 11 is 1.47. The van der Waals surface area contributed by atoms with E-state index >= 15 is 0 Å². The van der Waals surface area contributed by atoms with Gasteiger partial charge in [0.1, 0.15) is 11.4 Å². The van der Waals surface area contributed by atoms with Crippen molar-refractivity contribution < 1.29 is 0 Å². The highest BCUT2D eigenvalue weighted by atomic mass is 32.1. The molecule has 3 rings (SSSR count). The number of anilines is 1. The molecule has 15 heavy (non-hydrogen) atoms. The summed E-state index contributed by atoms with van der Waals surface area (Å²) < 4.78 is 0. The third-order valence-corrected chi connectivity index (χ3v) is 3.49. The Balaban J connectivity index is 2.08. The first-order valence-corrected chi connectivity index (χ1v) is 6.00. The predicted molar refractivity (Wildman–Crippen MR) is 60.8 cm³/mol. The van der Waals surface area contributed by atoms with Crippen LogP contribution < -0.4 is 5.73 Å². The fourth-order valence-electron chi connectivity index (χ4n) is 2.09. The second-order valence-corrected chi connectivity index (χ2v) is 4.70. The summed E-state index contributed by atoms with van der Waals surface area (Å²) in [4.78, 5) is 4.28. The van der Waals surface area contributed by atoms with E-state index in [4.69, 9.17) is 5.73 Å². The van der Waals surface area contributed by atoms with E-state index in [0.29, 0.717) is 5.13 Å². The first kappa shape index (κ1) is 8.91. The monoisotopic (exact) mass is 220 g/mol. The van der Waals surface area contributed by atoms with Crippen molar-refractivity contribution in [3.8, 4) is 11.4 Å². The van der Waals surface area contributed by atoms with Gasteiger partial charge in [0.05, 0.1) is 0 Å². The zero-order valence-electron chi connectivity index (χ0n) is 8.29. The minimum atomic E-state index is 0.609. The first-order valence-electron chi connectivity index (χ1n) is 5.12. The molecule has 0 bridgehead atoms.